The lowest BCUT2D eigenvalue weighted by molar-refractivity contribution is 0.514. The molecule has 2 rings (SSSR count). The molecule has 0 saturated heterocycles. The lowest BCUT2D eigenvalue weighted by Crippen LogP contribution is -2.18. The van der Waals surface area contributed by atoms with E-state index in [9.17, 15) is 0 Å². The quantitative estimate of drug-likeness (QED) is 0.811. The lowest BCUT2D eigenvalue weighted by Gasteiger charge is -2.20. The molecular weight excluding hydrogens is 276 g/mol. The van der Waals surface area contributed by atoms with Crippen LogP contribution in [0.1, 0.15) is 32.0 Å². The van der Waals surface area contributed by atoms with Crippen LogP contribution in [-0.2, 0) is 18.4 Å². The van der Waals surface area contributed by atoms with Crippen molar-refractivity contribution in [2.45, 2.75) is 39.2 Å². The first kappa shape index (κ1) is 14.4. The second-order valence-electron chi connectivity index (χ2n) is 5.76. The number of aryl methyl sites for hydroxylation is 1. The zero-order chi connectivity index (χ0) is 14.0. The van der Waals surface area contributed by atoms with Crippen LogP contribution in [-0.4, -0.2) is 9.55 Å². The topological polar surface area (TPSA) is 20.7 Å². The number of halogens is 1. The van der Waals surface area contributed by atoms with Gasteiger partial charge >= 0.3 is 0 Å². The maximum atomic E-state index is 5.89. The molecule has 0 fully saturated rings. The Balaban J connectivity index is 2.18. The van der Waals surface area contributed by atoms with Gasteiger partial charge in [0.2, 0.25) is 0 Å². The summed E-state index contributed by atoms with van der Waals surface area (Å²) >= 11 is 11.3. The van der Waals surface area contributed by atoms with Gasteiger partial charge in [-0.1, -0.05) is 44.5 Å². The highest BCUT2D eigenvalue weighted by Crippen LogP contribution is 2.22. The molecule has 2 nitrogen and oxygen atoms in total. The first-order valence-electron chi connectivity index (χ1n) is 6.41. The highest BCUT2D eigenvalue weighted by Gasteiger charge is 2.18. The van der Waals surface area contributed by atoms with Gasteiger partial charge in [0.05, 0.1) is 0 Å². The van der Waals surface area contributed by atoms with Crippen LogP contribution in [0.5, 0.6) is 0 Å². The average Bonchev–Trinajstić information content (AvgIpc) is 2.70. The minimum absolute atomic E-state index is 0.0908. The van der Waals surface area contributed by atoms with Crippen molar-refractivity contribution in [3.8, 4) is 0 Å². The van der Waals surface area contributed by atoms with Crippen molar-refractivity contribution in [1.82, 2.24) is 9.55 Å². The van der Waals surface area contributed by atoms with Gasteiger partial charge in [-0.25, -0.2) is 0 Å². The Morgan fingerprint density at radius 1 is 1.21 bits per heavy atom. The van der Waals surface area contributed by atoms with Crippen molar-refractivity contribution in [2.75, 3.05) is 0 Å². The standard InChI is InChI=1S/C15H19ClN2S/c1-15(2,3)13-10-17-14(19)18(13)9-8-11-4-6-12(16)7-5-11/h4-7,10H,8-9H2,1-3H3,(H,17,19). The maximum absolute atomic E-state index is 5.89. The molecule has 2 aromatic rings. The van der Waals surface area contributed by atoms with Crippen LogP contribution in [0.3, 0.4) is 0 Å². The van der Waals surface area contributed by atoms with Crippen LogP contribution in [0.15, 0.2) is 30.5 Å². The molecule has 1 N–H and O–H groups in total. The third-order valence-electron chi connectivity index (χ3n) is 3.17. The first-order chi connectivity index (χ1) is 8.88. The van der Waals surface area contributed by atoms with Crippen molar-refractivity contribution in [1.29, 1.82) is 0 Å². The Morgan fingerprint density at radius 3 is 2.42 bits per heavy atom. The highest BCUT2D eigenvalue weighted by atomic mass is 35.5. The second kappa shape index (κ2) is 5.51. The molecule has 0 atom stereocenters. The number of aromatic nitrogens is 2. The number of hydrogen-bond acceptors (Lipinski definition) is 1. The predicted molar refractivity (Wildman–Crippen MR) is 83.5 cm³/mol. The molecule has 102 valence electrons. The van der Waals surface area contributed by atoms with E-state index in [-0.39, 0.29) is 5.41 Å². The Hall–Kier alpha value is -1.06. The molecule has 0 aliphatic carbocycles. The Bertz CT molecular complexity index is 602. The summed E-state index contributed by atoms with van der Waals surface area (Å²) in [5, 5.41) is 0.775. The van der Waals surface area contributed by atoms with Crippen molar-refractivity contribution < 1.29 is 0 Å². The minimum atomic E-state index is 0.0908. The van der Waals surface area contributed by atoms with Gasteiger partial charge in [0.1, 0.15) is 0 Å². The number of imidazole rings is 1. The summed E-state index contributed by atoms with van der Waals surface area (Å²) in [7, 11) is 0. The van der Waals surface area contributed by atoms with Gasteiger partial charge in [-0.05, 0) is 36.3 Å². The molecule has 4 heteroatoms. The van der Waals surface area contributed by atoms with Gasteiger partial charge in [-0.2, -0.15) is 0 Å². The summed E-state index contributed by atoms with van der Waals surface area (Å²) in [6, 6.07) is 7.99. The Morgan fingerprint density at radius 2 is 1.84 bits per heavy atom. The van der Waals surface area contributed by atoms with Crippen molar-refractivity contribution in [2.24, 2.45) is 0 Å². The largest absolute Gasteiger partial charge is 0.337 e. The fraction of sp³-hybridized carbons (Fsp3) is 0.400. The monoisotopic (exact) mass is 294 g/mol. The maximum Gasteiger partial charge on any atom is 0.177 e. The van der Waals surface area contributed by atoms with Gasteiger partial charge in [-0.3, -0.25) is 0 Å². The molecule has 0 radical (unpaired) electrons. The molecule has 1 aromatic heterocycles. The molecule has 19 heavy (non-hydrogen) atoms. The molecule has 1 aromatic carbocycles. The van der Waals surface area contributed by atoms with Gasteiger partial charge in [0.25, 0.3) is 0 Å². The fourth-order valence-corrected chi connectivity index (χ4v) is 2.51. The second-order valence-corrected chi connectivity index (χ2v) is 6.58. The third kappa shape index (κ3) is 3.48. The summed E-state index contributed by atoms with van der Waals surface area (Å²) < 4.78 is 2.98. The molecule has 0 saturated carbocycles. The molecular formula is C15H19ClN2S. The average molecular weight is 295 g/mol. The smallest absolute Gasteiger partial charge is 0.177 e. The Labute approximate surface area is 124 Å². The van der Waals surface area contributed by atoms with E-state index in [0.717, 1.165) is 22.8 Å². The predicted octanol–water partition coefficient (Wildman–Crippen LogP) is 4.74. The Kier molecular flexibility index (Phi) is 4.16. The molecule has 0 aliphatic heterocycles. The van der Waals surface area contributed by atoms with Gasteiger partial charge in [-0.15, -0.1) is 0 Å². The normalized spacial score (nSPS) is 11.8. The van der Waals surface area contributed by atoms with Crippen LogP contribution < -0.4 is 0 Å². The van der Waals surface area contributed by atoms with E-state index in [1.807, 2.05) is 18.3 Å². The zero-order valence-electron chi connectivity index (χ0n) is 11.5. The molecule has 0 unspecified atom stereocenters. The van der Waals surface area contributed by atoms with Gasteiger partial charge in [0.15, 0.2) is 4.77 Å². The molecule has 1 heterocycles. The highest BCUT2D eigenvalue weighted by molar-refractivity contribution is 7.71. The third-order valence-corrected chi connectivity index (χ3v) is 3.76. The van der Waals surface area contributed by atoms with Gasteiger partial charge in [0, 0.05) is 28.9 Å². The summed E-state index contributed by atoms with van der Waals surface area (Å²) in [5.41, 5.74) is 2.60. The van der Waals surface area contributed by atoms with E-state index in [2.05, 4.69) is 42.5 Å². The number of benzene rings is 1. The number of hydrogen-bond donors (Lipinski definition) is 1. The lowest BCUT2D eigenvalue weighted by atomic mass is 9.92. The number of rotatable bonds is 3. The van der Waals surface area contributed by atoms with E-state index in [1.165, 1.54) is 11.3 Å². The van der Waals surface area contributed by atoms with E-state index in [1.54, 1.807) is 0 Å². The van der Waals surface area contributed by atoms with Crippen LogP contribution in [0.4, 0.5) is 0 Å². The summed E-state index contributed by atoms with van der Waals surface area (Å²) in [6.45, 7) is 7.48. The fourth-order valence-electron chi connectivity index (χ4n) is 2.13. The number of nitrogens with zero attached hydrogens (tertiary/aromatic N) is 1. The minimum Gasteiger partial charge on any atom is -0.337 e. The van der Waals surface area contributed by atoms with E-state index < -0.39 is 0 Å². The molecule has 0 bridgehead atoms. The number of nitrogens with one attached hydrogen (secondary N) is 1. The summed E-state index contributed by atoms with van der Waals surface area (Å²) in [6.07, 6.45) is 2.97. The molecule has 0 amide bonds. The zero-order valence-corrected chi connectivity index (χ0v) is 13.1. The number of H-pyrrole nitrogens is 1. The van der Waals surface area contributed by atoms with Crippen molar-refractivity contribution in [3.63, 3.8) is 0 Å². The van der Waals surface area contributed by atoms with Crippen LogP contribution in [0.2, 0.25) is 5.02 Å². The van der Waals surface area contributed by atoms with E-state index in [0.29, 0.717) is 0 Å². The first-order valence-corrected chi connectivity index (χ1v) is 7.20. The van der Waals surface area contributed by atoms with Crippen molar-refractivity contribution in [3.05, 3.63) is 51.5 Å². The SMILES string of the molecule is CC(C)(C)c1c[nH]c(=S)n1CCc1ccc(Cl)cc1. The van der Waals surface area contributed by atoms with E-state index in [4.69, 9.17) is 23.8 Å². The molecule has 0 spiro atoms. The van der Waals surface area contributed by atoms with Crippen LogP contribution >= 0.6 is 23.8 Å². The summed E-state index contributed by atoms with van der Waals surface area (Å²) in [4.78, 5) is 3.15. The van der Waals surface area contributed by atoms with Gasteiger partial charge < -0.3 is 9.55 Å². The van der Waals surface area contributed by atoms with Crippen LogP contribution in [0.25, 0.3) is 0 Å². The van der Waals surface area contributed by atoms with Crippen molar-refractivity contribution >= 4 is 23.8 Å². The van der Waals surface area contributed by atoms with E-state index >= 15 is 0 Å². The number of aromatic amines is 1. The molecule has 0 aliphatic rings. The van der Waals surface area contributed by atoms with Crippen LogP contribution in [0, 0.1) is 4.77 Å². The summed E-state index contributed by atoms with van der Waals surface area (Å²) in [5.74, 6) is 0.